The number of para-hydroxylation sites is 1. The van der Waals surface area contributed by atoms with Crippen LogP contribution in [0.3, 0.4) is 0 Å². The molecule has 1 aliphatic rings. The molecular weight excluding hydrogens is 380 g/mol. The second kappa shape index (κ2) is 7.72. The molecule has 3 heterocycles. The number of nitrogens with one attached hydrogen (secondary N) is 1. The van der Waals surface area contributed by atoms with Crippen LogP contribution in [0, 0.1) is 0 Å². The molecule has 1 amide bonds. The third kappa shape index (κ3) is 3.63. The fourth-order valence-electron chi connectivity index (χ4n) is 3.77. The summed E-state index contributed by atoms with van der Waals surface area (Å²) in [6, 6.07) is 13.4. The van der Waals surface area contributed by atoms with E-state index in [2.05, 4.69) is 10.3 Å². The van der Waals surface area contributed by atoms with Gasteiger partial charge in [0.05, 0.1) is 22.5 Å². The van der Waals surface area contributed by atoms with Crippen LogP contribution in [0.4, 0.5) is 5.13 Å². The maximum atomic E-state index is 13.2. The number of benzene rings is 1. The van der Waals surface area contributed by atoms with Crippen LogP contribution in [-0.4, -0.2) is 20.9 Å². The lowest BCUT2D eigenvalue weighted by Crippen LogP contribution is -2.13. The number of carbonyl (C=O) groups is 1. The lowest BCUT2D eigenvalue weighted by molar-refractivity contribution is 0.102. The number of carbonyl (C=O) groups excluding carboxylic acids is 1. The summed E-state index contributed by atoms with van der Waals surface area (Å²) in [5, 5.41) is 4.55. The highest BCUT2D eigenvalue weighted by Crippen LogP contribution is 2.30. The van der Waals surface area contributed by atoms with E-state index >= 15 is 0 Å². The summed E-state index contributed by atoms with van der Waals surface area (Å²) in [5.74, 6) is -0.155. The molecule has 0 saturated heterocycles. The summed E-state index contributed by atoms with van der Waals surface area (Å²) in [4.78, 5) is 28.1. The highest BCUT2D eigenvalue weighted by molar-refractivity contribution is 7.15. The van der Waals surface area contributed by atoms with Crippen LogP contribution in [0.15, 0.2) is 54.9 Å². The van der Waals surface area contributed by atoms with Crippen molar-refractivity contribution >= 4 is 33.3 Å². The number of nitrogens with zero attached hydrogens (tertiary/aromatic N) is 3. The van der Waals surface area contributed by atoms with Crippen molar-refractivity contribution in [3.05, 3.63) is 71.0 Å². The Labute approximate surface area is 172 Å². The average molecular weight is 401 g/mol. The molecular formula is C23H20N4OS. The van der Waals surface area contributed by atoms with E-state index in [1.54, 1.807) is 23.7 Å². The monoisotopic (exact) mass is 400 g/mol. The molecule has 0 aliphatic heterocycles. The average Bonchev–Trinajstić information content (AvgIpc) is 3.01. The summed E-state index contributed by atoms with van der Waals surface area (Å²) in [6.45, 7) is 0. The Balaban J connectivity index is 1.52. The maximum Gasteiger partial charge on any atom is 0.258 e. The van der Waals surface area contributed by atoms with E-state index in [1.165, 1.54) is 24.1 Å². The van der Waals surface area contributed by atoms with Crippen LogP contribution in [0.5, 0.6) is 0 Å². The summed E-state index contributed by atoms with van der Waals surface area (Å²) in [6.07, 6.45) is 9.18. The Bertz CT molecular complexity index is 1160. The SMILES string of the molecule is O=C(Nc1nc2c(s1)CCCCC2)c1cc(-c2cccnc2)nc2ccccc12. The number of fused-ring (bicyclic) bond motifs is 2. The van der Waals surface area contributed by atoms with Gasteiger partial charge in [-0.1, -0.05) is 24.6 Å². The van der Waals surface area contributed by atoms with Crippen molar-refractivity contribution in [2.45, 2.75) is 32.1 Å². The van der Waals surface area contributed by atoms with Gasteiger partial charge in [0.15, 0.2) is 5.13 Å². The molecule has 1 aliphatic carbocycles. The Morgan fingerprint density at radius 3 is 2.79 bits per heavy atom. The van der Waals surface area contributed by atoms with Gasteiger partial charge in [-0.25, -0.2) is 9.97 Å². The molecule has 6 heteroatoms. The zero-order valence-corrected chi connectivity index (χ0v) is 16.7. The fraction of sp³-hybridized carbons (Fsp3) is 0.217. The molecule has 0 fully saturated rings. The van der Waals surface area contributed by atoms with E-state index < -0.39 is 0 Å². The third-order valence-electron chi connectivity index (χ3n) is 5.23. The molecule has 144 valence electrons. The minimum absolute atomic E-state index is 0.155. The highest BCUT2D eigenvalue weighted by atomic mass is 32.1. The molecule has 0 atom stereocenters. The lowest BCUT2D eigenvalue weighted by atomic mass is 10.0. The Morgan fingerprint density at radius 2 is 1.90 bits per heavy atom. The first-order chi connectivity index (χ1) is 14.3. The predicted octanol–water partition coefficient (Wildman–Crippen LogP) is 5.27. The van der Waals surface area contributed by atoms with Crippen LogP contribution in [-0.2, 0) is 12.8 Å². The van der Waals surface area contributed by atoms with E-state index in [9.17, 15) is 4.79 Å². The second-order valence-electron chi connectivity index (χ2n) is 7.22. The normalized spacial score (nSPS) is 13.7. The molecule has 29 heavy (non-hydrogen) atoms. The van der Waals surface area contributed by atoms with Crippen molar-refractivity contribution in [1.82, 2.24) is 15.0 Å². The van der Waals surface area contributed by atoms with Gasteiger partial charge in [-0.15, -0.1) is 11.3 Å². The topological polar surface area (TPSA) is 67.8 Å². The molecule has 0 unspecified atom stereocenters. The first-order valence-electron chi connectivity index (χ1n) is 9.88. The van der Waals surface area contributed by atoms with Gasteiger partial charge >= 0.3 is 0 Å². The van der Waals surface area contributed by atoms with E-state index in [-0.39, 0.29) is 5.91 Å². The smallest absolute Gasteiger partial charge is 0.258 e. The molecule has 5 rings (SSSR count). The first-order valence-corrected chi connectivity index (χ1v) is 10.7. The minimum atomic E-state index is -0.155. The van der Waals surface area contributed by atoms with Gasteiger partial charge in [-0.3, -0.25) is 15.1 Å². The first kappa shape index (κ1) is 17.9. The van der Waals surface area contributed by atoms with E-state index in [0.29, 0.717) is 10.7 Å². The van der Waals surface area contributed by atoms with Crippen LogP contribution >= 0.6 is 11.3 Å². The van der Waals surface area contributed by atoms with Crippen molar-refractivity contribution in [2.24, 2.45) is 0 Å². The Hall–Kier alpha value is -3.12. The largest absolute Gasteiger partial charge is 0.298 e. The van der Waals surface area contributed by atoms with Gasteiger partial charge in [0, 0.05) is 28.2 Å². The van der Waals surface area contributed by atoms with Gasteiger partial charge in [0.25, 0.3) is 5.91 Å². The van der Waals surface area contributed by atoms with Crippen molar-refractivity contribution in [2.75, 3.05) is 5.32 Å². The number of anilines is 1. The highest BCUT2D eigenvalue weighted by Gasteiger charge is 2.18. The summed E-state index contributed by atoms with van der Waals surface area (Å²) < 4.78 is 0. The molecule has 1 aromatic carbocycles. The van der Waals surface area contributed by atoms with E-state index in [0.717, 1.165) is 40.7 Å². The zero-order valence-electron chi connectivity index (χ0n) is 15.9. The Kier molecular flexibility index (Phi) is 4.77. The third-order valence-corrected chi connectivity index (χ3v) is 6.31. The van der Waals surface area contributed by atoms with E-state index in [1.807, 2.05) is 42.5 Å². The standard InChI is InChI=1S/C23H20N4OS/c28-22(27-23-26-19-10-2-1-3-11-21(19)29-23)17-13-20(15-7-6-12-24-14-15)25-18-9-5-4-8-16(17)18/h4-9,12-14H,1-3,10-11H2,(H,26,27,28). The molecule has 0 spiro atoms. The molecule has 0 radical (unpaired) electrons. The molecule has 1 N–H and O–H groups in total. The van der Waals surface area contributed by atoms with Crippen LogP contribution in [0.1, 0.15) is 40.2 Å². The number of amides is 1. The number of hydrogen-bond donors (Lipinski definition) is 1. The van der Waals surface area contributed by atoms with Gasteiger partial charge in [-0.05, 0) is 49.9 Å². The zero-order chi connectivity index (χ0) is 19.6. The summed E-state index contributed by atoms with van der Waals surface area (Å²) in [7, 11) is 0. The number of rotatable bonds is 3. The fourth-order valence-corrected chi connectivity index (χ4v) is 4.82. The maximum absolute atomic E-state index is 13.2. The lowest BCUT2D eigenvalue weighted by Gasteiger charge is -2.09. The molecule has 0 bridgehead atoms. The van der Waals surface area contributed by atoms with Crippen LogP contribution in [0.25, 0.3) is 22.2 Å². The number of aromatic nitrogens is 3. The molecule has 5 nitrogen and oxygen atoms in total. The van der Waals surface area contributed by atoms with Crippen molar-refractivity contribution in [3.63, 3.8) is 0 Å². The van der Waals surface area contributed by atoms with Crippen LogP contribution in [0.2, 0.25) is 0 Å². The van der Waals surface area contributed by atoms with Crippen molar-refractivity contribution in [1.29, 1.82) is 0 Å². The second-order valence-corrected chi connectivity index (χ2v) is 8.30. The molecule has 3 aromatic heterocycles. The quantitative estimate of drug-likeness (QED) is 0.476. The molecule has 0 saturated carbocycles. The van der Waals surface area contributed by atoms with Gasteiger partial charge in [0.2, 0.25) is 0 Å². The minimum Gasteiger partial charge on any atom is -0.298 e. The molecule has 4 aromatic rings. The van der Waals surface area contributed by atoms with Crippen molar-refractivity contribution < 1.29 is 4.79 Å². The predicted molar refractivity (Wildman–Crippen MR) is 116 cm³/mol. The Morgan fingerprint density at radius 1 is 1.00 bits per heavy atom. The van der Waals surface area contributed by atoms with Crippen molar-refractivity contribution in [3.8, 4) is 11.3 Å². The van der Waals surface area contributed by atoms with Crippen LogP contribution < -0.4 is 5.32 Å². The number of aryl methyl sites for hydroxylation is 2. The van der Waals surface area contributed by atoms with Gasteiger partial charge in [0.1, 0.15) is 0 Å². The number of pyridine rings is 2. The van der Waals surface area contributed by atoms with Gasteiger partial charge < -0.3 is 0 Å². The number of hydrogen-bond acceptors (Lipinski definition) is 5. The van der Waals surface area contributed by atoms with Gasteiger partial charge in [-0.2, -0.15) is 0 Å². The summed E-state index contributed by atoms with van der Waals surface area (Å²) >= 11 is 1.61. The summed E-state index contributed by atoms with van der Waals surface area (Å²) in [5.41, 5.74) is 4.15. The number of thiazole rings is 1. The van der Waals surface area contributed by atoms with E-state index in [4.69, 9.17) is 9.97 Å².